The molecule has 0 bridgehead atoms. The number of nitrogens with one attached hydrogen (secondary N) is 1. The second-order valence-electron chi connectivity index (χ2n) is 2.79. The highest BCUT2D eigenvalue weighted by atomic mass is 15.1. The van der Waals surface area contributed by atoms with E-state index in [0.717, 1.165) is 11.3 Å². The van der Waals surface area contributed by atoms with Crippen molar-refractivity contribution < 1.29 is 0 Å². The van der Waals surface area contributed by atoms with Gasteiger partial charge in [0.25, 0.3) is 0 Å². The molecule has 2 aromatic rings. The van der Waals surface area contributed by atoms with Crippen LogP contribution >= 0.6 is 0 Å². The van der Waals surface area contributed by atoms with Crippen LogP contribution in [0, 0.1) is 0 Å². The molecule has 0 aliphatic rings. The maximum Gasteiger partial charge on any atom is 0.0630 e. The van der Waals surface area contributed by atoms with Crippen molar-refractivity contribution in [2.45, 2.75) is 0 Å². The van der Waals surface area contributed by atoms with Crippen LogP contribution in [-0.2, 0) is 0 Å². The molecule has 0 amide bonds. The van der Waals surface area contributed by atoms with Crippen molar-refractivity contribution >= 4 is 5.69 Å². The molecule has 1 aromatic heterocycles. The molecule has 0 saturated heterocycles. The topological polar surface area (TPSA) is 64.6 Å². The van der Waals surface area contributed by atoms with Gasteiger partial charge in [-0.1, -0.05) is 35.4 Å². The number of rotatable bonds is 2. The van der Waals surface area contributed by atoms with Gasteiger partial charge in [-0.3, -0.25) is 0 Å². The molecule has 0 aliphatic heterocycles. The number of hydrogen-bond acceptors (Lipinski definition) is 1. The molecule has 4 nitrogen and oxygen atoms in total. The standard InChI is InChI=1S/C10H8N4/c11-14-13-9-6-7-12-10(9)8-4-2-1-3-5-8/h1-7,12H. The number of H-pyrrole nitrogens is 1. The fraction of sp³-hybridized carbons (Fsp3) is 0. The quantitative estimate of drug-likeness (QED) is 0.421. The predicted octanol–water partition coefficient (Wildman–Crippen LogP) is 3.62. The largest absolute Gasteiger partial charge is 0.361 e. The van der Waals surface area contributed by atoms with E-state index in [-0.39, 0.29) is 0 Å². The molecule has 0 unspecified atom stereocenters. The molecule has 0 atom stereocenters. The van der Waals surface area contributed by atoms with Crippen LogP contribution in [0.4, 0.5) is 5.69 Å². The van der Waals surface area contributed by atoms with Crippen molar-refractivity contribution in [2.75, 3.05) is 0 Å². The average molecular weight is 184 g/mol. The molecule has 1 aromatic carbocycles. The first-order valence-corrected chi connectivity index (χ1v) is 4.19. The highest BCUT2D eigenvalue weighted by molar-refractivity contribution is 5.72. The molecule has 0 aliphatic carbocycles. The van der Waals surface area contributed by atoms with Crippen molar-refractivity contribution in [2.24, 2.45) is 5.11 Å². The first kappa shape index (κ1) is 8.41. The minimum atomic E-state index is 0.624. The third kappa shape index (κ3) is 1.46. The highest BCUT2D eigenvalue weighted by Gasteiger charge is 2.02. The van der Waals surface area contributed by atoms with Gasteiger partial charge >= 0.3 is 0 Å². The summed E-state index contributed by atoms with van der Waals surface area (Å²) in [7, 11) is 0. The van der Waals surface area contributed by atoms with Gasteiger partial charge in [0.15, 0.2) is 0 Å². The lowest BCUT2D eigenvalue weighted by molar-refractivity contribution is 1.39. The molecule has 68 valence electrons. The number of azide groups is 1. The first-order chi connectivity index (χ1) is 6.92. The van der Waals surface area contributed by atoms with Gasteiger partial charge in [0.1, 0.15) is 0 Å². The monoisotopic (exact) mass is 184 g/mol. The maximum absolute atomic E-state index is 8.35. The molecular formula is C10H8N4. The third-order valence-electron chi connectivity index (χ3n) is 1.94. The summed E-state index contributed by atoms with van der Waals surface area (Å²) < 4.78 is 0. The number of hydrogen-bond donors (Lipinski definition) is 1. The number of aromatic nitrogens is 1. The van der Waals surface area contributed by atoms with Gasteiger partial charge in [-0.25, -0.2) is 0 Å². The van der Waals surface area contributed by atoms with Gasteiger partial charge in [0, 0.05) is 11.1 Å². The molecule has 0 fully saturated rings. The first-order valence-electron chi connectivity index (χ1n) is 4.19. The second kappa shape index (κ2) is 3.68. The summed E-state index contributed by atoms with van der Waals surface area (Å²) in [6.07, 6.45) is 1.76. The lowest BCUT2D eigenvalue weighted by atomic mass is 10.1. The number of nitrogens with zero attached hydrogens (tertiary/aromatic N) is 3. The fourth-order valence-corrected chi connectivity index (χ4v) is 1.33. The van der Waals surface area contributed by atoms with Crippen LogP contribution in [0.1, 0.15) is 0 Å². The van der Waals surface area contributed by atoms with Gasteiger partial charge in [-0.05, 0) is 17.2 Å². The Bertz CT molecular complexity index is 466. The SMILES string of the molecule is [N-]=[N+]=Nc1cc[nH]c1-c1ccccc1. The van der Waals surface area contributed by atoms with Gasteiger partial charge in [-0.2, -0.15) is 0 Å². The molecule has 4 heteroatoms. The van der Waals surface area contributed by atoms with Gasteiger partial charge in [-0.15, -0.1) is 0 Å². The van der Waals surface area contributed by atoms with E-state index in [2.05, 4.69) is 15.0 Å². The van der Waals surface area contributed by atoms with E-state index in [0.29, 0.717) is 5.69 Å². The van der Waals surface area contributed by atoms with E-state index < -0.39 is 0 Å². The summed E-state index contributed by atoms with van der Waals surface area (Å²) in [5.74, 6) is 0. The molecule has 0 saturated carbocycles. The van der Waals surface area contributed by atoms with Crippen molar-refractivity contribution in [3.8, 4) is 11.3 Å². The van der Waals surface area contributed by atoms with Crippen molar-refractivity contribution in [3.05, 3.63) is 53.0 Å². The van der Waals surface area contributed by atoms with Gasteiger partial charge in [0.2, 0.25) is 0 Å². The number of aromatic amines is 1. The zero-order chi connectivity index (χ0) is 9.80. The molecule has 0 radical (unpaired) electrons. The Morgan fingerprint density at radius 2 is 1.93 bits per heavy atom. The molecule has 0 spiro atoms. The fourth-order valence-electron chi connectivity index (χ4n) is 1.33. The van der Waals surface area contributed by atoms with Gasteiger partial charge in [0.05, 0.1) is 11.4 Å². The average Bonchev–Trinajstić information content (AvgIpc) is 2.68. The van der Waals surface area contributed by atoms with Crippen molar-refractivity contribution in [1.29, 1.82) is 0 Å². The Hall–Kier alpha value is -2.19. The van der Waals surface area contributed by atoms with E-state index in [4.69, 9.17) is 5.53 Å². The van der Waals surface area contributed by atoms with E-state index in [1.165, 1.54) is 0 Å². The molecule has 1 heterocycles. The van der Waals surface area contributed by atoms with E-state index >= 15 is 0 Å². The van der Waals surface area contributed by atoms with Crippen LogP contribution in [-0.4, -0.2) is 4.98 Å². The smallest absolute Gasteiger partial charge is 0.0630 e. The molecular weight excluding hydrogens is 176 g/mol. The summed E-state index contributed by atoms with van der Waals surface area (Å²) >= 11 is 0. The summed E-state index contributed by atoms with van der Waals surface area (Å²) in [5.41, 5.74) is 10.8. The maximum atomic E-state index is 8.35. The van der Waals surface area contributed by atoms with Crippen LogP contribution in [0.25, 0.3) is 21.7 Å². The van der Waals surface area contributed by atoms with Crippen LogP contribution in [0.15, 0.2) is 47.7 Å². The van der Waals surface area contributed by atoms with Gasteiger partial charge < -0.3 is 4.98 Å². The van der Waals surface area contributed by atoms with E-state index in [1.807, 2.05) is 30.3 Å². The normalized spacial score (nSPS) is 9.43. The minimum Gasteiger partial charge on any atom is -0.361 e. The van der Waals surface area contributed by atoms with Crippen molar-refractivity contribution in [3.63, 3.8) is 0 Å². The Morgan fingerprint density at radius 1 is 1.14 bits per heavy atom. The molecule has 14 heavy (non-hydrogen) atoms. The highest BCUT2D eigenvalue weighted by Crippen LogP contribution is 2.28. The zero-order valence-corrected chi connectivity index (χ0v) is 7.38. The van der Waals surface area contributed by atoms with Crippen molar-refractivity contribution in [1.82, 2.24) is 4.98 Å². The Balaban J connectivity index is 2.52. The summed E-state index contributed by atoms with van der Waals surface area (Å²) in [4.78, 5) is 5.81. The van der Waals surface area contributed by atoms with Crippen LogP contribution in [0.2, 0.25) is 0 Å². The van der Waals surface area contributed by atoms with E-state index in [9.17, 15) is 0 Å². The summed E-state index contributed by atoms with van der Waals surface area (Å²) in [6, 6.07) is 11.5. The zero-order valence-electron chi connectivity index (χ0n) is 7.38. The second-order valence-corrected chi connectivity index (χ2v) is 2.79. The number of benzene rings is 1. The summed E-state index contributed by atoms with van der Waals surface area (Å²) in [5, 5.41) is 3.59. The van der Waals surface area contributed by atoms with Crippen LogP contribution < -0.4 is 0 Å². The summed E-state index contributed by atoms with van der Waals surface area (Å²) in [6.45, 7) is 0. The predicted molar refractivity (Wildman–Crippen MR) is 55.0 cm³/mol. The molecule has 2 rings (SSSR count). The Kier molecular flexibility index (Phi) is 2.21. The van der Waals surface area contributed by atoms with Crippen LogP contribution in [0.3, 0.4) is 0 Å². The van der Waals surface area contributed by atoms with E-state index in [1.54, 1.807) is 12.3 Å². The van der Waals surface area contributed by atoms with Crippen LogP contribution in [0.5, 0.6) is 0 Å². The Labute approximate surface area is 80.8 Å². The molecule has 1 N–H and O–H groups in total. The Morgan fingerprint density at radius 3 is 2.64 bits per heavy atom. The third-order valence-corrected chi connectivity index (χ3v) is 1.94. The minimum absolute atomic E-state index is 0.624. The lowest BCUT2D eigenvalue weighted by Crippen LogP contribution is -1.75. The lowest BCUT2D eigenvalue weighted by Gasteiger charge is -1.98.